The van der Waals surface area contributed by atoms with E-state index >= 15 is 0 Å². The predicted molar refractivity (Wildman–Crippen MR) is 131 cm³/mol. The molecule has 0 unspecified atom stereocenters. The smallest absolute Gasteiger partial charge is 0.226 e. The largest absolute Gasteiger partial charge is 0.497 e. The van der Waals surface area contributed by atoms with Gasteiger partial charge in [-0.25, -0.2) is 0 Å². The number of rotatable bonds is 8. The molecule has 0 saturated carbocycles. The van der Waals surface area contributed by atoms with Crippen molar-refractivity contribution in [2.75, 3.05) is 33.8 Å². The highest BCUT2D eigenvalue weighted by atomic mass is 127. The Balaban J connectivity index is 0.00000320. The molecule has 0 atom stereocenters. The Labute approximate surface area is 196 Å². The number of aliphatic imine (C=N–C) groups is 1. The quantitative estimate of drug-likeness (QED) is 0.238. The molecule has 1 fully saturated rings. The maximum atomic E-state index is 5.39. The summed E-state index contributed by atoms with van der Waals surface area (Å²) in [4.78, 5) is 11.3. The van der Waals surface area contributed by atoms with Gasteiger partial charge in [0.1, 0.15) is 5.75 Å². The van der Waals surface area contributed by atoms with Crippen molar-refractivity contribution in [1.29, 1.82) is 0 Å². The first-order valence-electron chi connectivity index (χ1n) is 10.6. The van der Waals surface area contributed by atoms with E-state index < -0.39 is 0 Å². The van der Waals surface area contributed by atoms with E-state index in [0.29, 0.717) is 11.7 Å². The van der Waals surface area contributed by atoms with Crippen molar-refractivity contribution >= 4 is 29.9 Å². The maximum absolute atomic E-state index is 5.39. The zero-order chi connectivity index (χ0) is 20.5. The van der Waals surface area contributed by atoms with Crippen LogP contribution in [0.4, 0.5) is 0 Å². The molecule has 0 radical (unpaired) electrons. The second-order valence-corrected chi connectivity index (χ2v) is 7.69. The Hall–Kier alpha value is -1.84. The lowest BCUT2D eigenvalue weighted by molar-refractivity contribution is 0.273. The van der Waals surface area contributed by atoms with E-state index in [1.807, 2.05) is 31.3 Å². The molecule has 1 aromatic carbocycles. The number of nitrogens with zero attached hydrogens (tertiary/aromatic N) is 4. The summed E-state index contributed by atoms with van der Waals surface area (Å²) in [6.07, 6.45) is 6.56. The first-order chi connectivity index (χ1) is 14.2. The summed E-state index contributed by atoms with van der Waals surface area (Å²) in [6, 6.07) is 7.68. The second kappa shape index (κ2) is 12.8. The number of unbranched alkanes of at least 4 members (excludes halogenated alkanes) is 2. The molecule has 0 bridgehead atoms. The number of guanidine groups is 1. The zero-order valence-corrected chi connectivity index (χ0v) is 20.6. The van der Waals surface area contributed by atoms with E-state index in [4.69, 9.17) is 9.26 Å². The van der Waals surface area contributed by atoms with Crippen LogP contribution in [-0.2, 0) is 6.42 Å². The molecule has 1 N–H and O–H groups in total. The molecule has 0 spiro atoms. The minimum absolute atomic E-state index is 0. The third kappa shape index (κ3) is 7.14. The molecule has 1 saturated heterocycles. The molecule has 3 rings (SSSR count). The Morgan fingerprint density at radius 3 is 2.60 bits per heavy atom. The Bertz CT molecular complexity index is 770. The fourth-order valence-electron chi connectivity index (χ4n) is 3.54. The third-order valence-electron chi connectivity index (χ3n) is 5.46. The molecule has 1 aliphatic heterocycles. The van der Waals surface area contributed by atoms with Crippen molar-refractivity contribution in [3.63, 3.8) is 0 Å². The molecule has 8 heteroatoms. The van der Waals surface area contributed by atoms with Gasteiger partial charge < -0.3 is 19.5 Å². The number of methoxy groups -OCH3 is 1. The van der Waals surface area contributed by atoms with E-state index in [9.17, 15) is 0 Å². The number of hydrogen-bond donors (Lipinski definition) is 1. The van der Waals surface area contributed by atoms with Gasteiger partial charge in [0.05, 0.1) is 7.11 Å². The van der Waals surface area contributed by atoms with Crippen LogP contribution in [0.5, 0.6) is 5.75 Å². The number of halogens is 1. The molecule has 1 aliphatic rings. The summed E-state index contributed by atoms with van der Waals surface area (Å²) in [5.74, 6) is 4.01. The predicted octanol–water partition coefficient (Wildman–Crippen LogP) is 4.38. The fraction of sp³-hybridized carbons (Fsp3) is 0.591. The van der Waals surface area contributed by atoms with Gasteiger partial charge in [0.25, 0.3) is 0 Å². The van der Waals surface area contributed by atoms with Gasteiger partial charge in [-0.2, -0.15) is 4.98 Å². The second-order valence-electron chi connectivity index (χ2n) is 7.69. The maximum Gasteiger partial charge on any atom is 0.226 e. The van der Waals surface area contributed by atoms with Crippen molar-refractivity contribution in [1.82, 2.24) is 20.4 Å². The van der Waals surface area contributed by atoms with E-state index in [0.717, 1.165) is 68.5 Å². The highest BCUT2D eigenvalue weighted by molar-refractivity contribution is 14.0. The van der Waals surface area contributed by atoms with Crippen LogP contribution >= 0.6 is 24.0 Å². The minimum Gasteiger partial charge on any atom is -0.497 e. The number of hydrogen-bond acceptors (Lipinski definition) is 5. The standard InChI is InChI=1S/C22H33N5O2.HI/c1-17-12-15-27(16-13-17)22(23-2)24-14-6-4-5-7-20-25-21(26-29-20)18-8-10-19(28-3)11-9-18;/h8-11,17H,4-7,12-16H2,1-3H3,(H,23,24);1H. The number of likely N-dealkylation sites (tertiary alicyclic amines) is 1. The highest BCUT2D eigenvalue weighted by Crippen LogP contribution is 2.20. The Morgan fingerprint density at radius 2 is 1.93 bits per heavy atom. The monoisotopic (exact) mass is 527 g/mol. The van der Waals surface area contributed by atoms with E-state index in [1.54, 1.807) is 7.11 Å². The lowest BCUT2D eigenvalue weighted by atomic mass is 10.00. The van der Waals surface area contributed by atoms with Crippen molar-refractivity contribution < 1.29 is 9.26 Å². The van der Waals surface area contributed by atoms with Crippen LogP contribution in [0.2, 0.25) is 0 Å². The Morgan fingerprint density at radius 1 is 1.20 bits per heavy atom. The van der Waals surface area contributed by atoms with Crippen LogP contribution < -0.4 is 10.1 Å². The molecular weight excluding hydrogens is 493 g/mol. The molecule has 166 valence electrons. The summed E-state index contributed by atoms with van der Waals surface area (Å²) in [6.45, 7) is 5.49. The summed E-state index contributed by atoms with van der Waals surface area (Å²) >= 11 is 0. The molecule has 30 heavy (non-hydrogen) atoms. The number of aryl methyl sites for hydroxylation is 1. The molecule has 2 aromatic rings. The van der Waals surface area contributed by atoms with Crippen LogP contribution in [-0.4, -0.2) is 54.8 Å². The molecule has 2 heterocycles. The number of ether oxygens (including phenoxy) is 1. The highest BCUT2D eigenvalue weighted by Gasteiger charge is 2.18. The first-order valence-corrected chi connectivity index (χ1v) is 10.6. The minimum atomic E-state index is 0. The van der Waals surface area contributed by atoms with Gasteiger partial charge in [-0.05, 0) is 55.9 Å². The third-order valence-corrected chi connectivity index (χ3v) is 5.46. The number of nitrogens with one attached hydrogen (secondary N) is 1. The molecule has 0 aliphatic carbocycles. The average molecular weight is 527 g/mol. The van der Waals surface area contributed by atoms with Crippen LogP contribution in [0, 0.1) is 5.92 Å². The molecular formula is C22H34IN5O2. The van der Waals surface area contributed by atoms with Crippen LogP contribution in [0.25, 0.3) is 11.4 Å². The topological polar surface area (TPSA) is 75.8 Å². The normalized spacial score (nSPS) is 15.0. The molecule has 7 nitrogen and oxygen atoms in total. The zero-order valence-electron chi connectivity index (χ0n) is 18.3. The Kier molecular flexibility index (Phi) is 10.4. The van der Waals surface area contributed by atoms with Gasteiger partial charge in [-0.1, -0.05) is 18.5 Å². The number of piperidine rings is 1. The van der Waals surface area contributed by atoms with Crippen LogP contribution in [0.15, 0.2) is 33.8 Å². The van der Waals surface area contributed by atoms with Crippen LogP contribution in [0.3, 0.4) is 0 Å². The van der Waals surface area contributed by atoms with E-state index in [-0.39, 0.29) is 24.0 Å². The van der Waals surface area contributed by atoms with Gasteiger partial charge in [0.2, 0.25) is 11.7 Å². The van der Waals surface area contributed by atoms with Gasteiger partial charge in [0.15, 0.2) is 5.96 Å². The molecule has 0 amide bonds. The van der Waals surface area contributed by atoms with Gasteiger partial charge >= 0.3 is 0 Å². The fourth-order valence-corrected chi connectivity index (χ4v) is 3.54. The summed E-state index contributed by atoms with van der Waals surface area (Å²) in [5, 5.41) is 7.59. The van der Waals surface area contributed by atoms with Crippen molar-refractivity contribution in [3.05, 3.63) is 30.2 Å². The van der Waals surface area contributed by atoms with Gasteiger partial charge in [0, 0.05) is 38.7 Å². The summed E-state index contributed by atoms with van der Waals surface area (Å²) in [5.41, 5.74) is 0.934. The van der Waals surface area contributed by atoms with E-state index in [2.05, 4.69) is 32.3 Å². The lowest BCUT2D eigenvalue weighted by Gasteiger charge is -2.32. The first kappa shape index (κ1) is 24.4. The van der Waals surface area contributed by atoms with Gasteiger partial charge in [-0.3, -0.25) is 4.99 Å². The van der Waals surface area contributed by atoms with Crippen molar-refractivity contribution in [3.8, 4) is 17.1 Å². The number of aromatic nitrogens is 2. The summed E-state index contributed by atoms with van der Waals surface area (Å²) < 4.78 is 10.6. The van der Waals surface area contributed by atoms with Crippen LogP contribution in [0.1, 0.15) is 44.9 Å². The molecule has 1 aromatic heterocycles. The average Bonchev–Trinajstić information content (AvgIpc) is 3.23. The van der Waals surface area contributed by atoms with E-state index in [1.165, 1.54) is 12.8 Å². The van der Waals surface area contributed by atoms with Gasteiger partial charge in [-0.15, -0.1) is 24.0 Å². The SMILES string of the molecule is CN=C(NCCCCCc1nc(-c2ccc(OC)cc2)no1)N1CCC(C)CC1.I. The summed E-state index contributed by atoms with van der Waals surface area (Å²) in [7, 11) is 3.53. The lowest BCUT2D eigenvalue weighted by Crippen LogP contribution is -2.45. The van der Waals surface area contributed by atoms with Crippen molar-refractivity contribution in [2.45, 2.75) is 45.4 Å². The number of benzene rings is 1. The van der Waals surface area contributed by atoms with Crippen molar-refractivity contribution in [2.24, 2.45) is 10.9 Å².